The zero-order valence-electron chi connectivity index (χ0n) is 13.1. The fraction of sp³-hybridized carbons (Fsp3) is 0.412. The van der Waals surface area contributed by atoms with Gasteiger partial charge >= 0.3 is 0 Å². The van der Waals surface area contributed by atoms with Gasteiger partial charge in [0.1, 0.15) is 5.75 Å². The number of dihydropyridines is 1. The number of hydrogen-bond acceptors (Lipinski definition) is 4. The second-order valence-electron chi connectivity index (χ2n) is 5.48. The maximum absolute atomic E-state index is 5.22. The van der Waals surface area contributed by atoms with Crippen LogP contribution in [0.5, 0.6) is 5.75 Å². The zero-order chi connectivity index (χ0) is 15.1. The predicted octanol–water partition coefficient (Wildman–Crippen LogP) is 2.06. The van der Waals surface area contributed by atoms with Crippen molar-refractivity contribution in [3.8, 4) is 5.75 Å². The topological polar surface area (TPSA) is 27.7 Å². The molecule has 0 fully saturated rings. The first kappa shape index (κ1) is 15.6. The van der Waals surface area contributed by atoms with Crippen molar-refractivity contribution >= 4 is 0 Å². The van der Waals surface area contributed by atoms with Crippen LogP contribution in [0.3, 0.4) is 0 Å². The lowest BCUT2D eigenvalue weighted by atomic mass is 10.2. The lowest BCUT2D eigenvalue weighted by Gasteiger charge is -2.32. The van der Waals surface area contributed by atoms with Crippen molar-refractivity contribution in [3.63, 3.8) is 0 Å². The van der Waals surface area contributed by atoms with E-state index in [1.54, 1.807) is 7.11 Å². The third-order valence-corrected chi connectivity index (χ3v) is 3.54. The largest absolute Gasteiger partial charge is 0.497 e. The molecule has 0 bridgehead atoms. The Hall–Kier alpha value is -1.78. The standard InChI is InChI=1S/C17H25N3O/c1-19(2)12-13-20(17-6-4-5-11-18-17)14-15-7-9-16(21-3)10-8-15/h4-11,17-18H,12-14H2,1-3H3. The number of allylic oxidation sites excluding steroid dienone is 2. The molecule has 0 aliphatic carbocycles. The molecule has 0 saturated carbocycles. The number of nitrogens with zero attached hydrogens (tertiary/aromatic N) is 2. The number of hydrogen-bond donors (Lipinski definition) is 1. The smallest absolute Gasteiger partial charge is 0.118 e. The summed E-state index contributed by atoms with van der Waals surface area (Å²) in [6.45, 7) is 2.95. The van der Waals surface area contributed by atoms with Crippen molar-refractivity contribution in [2.75, 3.05) is 34.3 Å². The second-order valence-corrected chi connectivity index (χ2v) is 5.48. The van der Waals surface area contributed by atoms with Crippen molar-refractivity contribution < 1.29 is 4.74 Å². The lowest BCUT2D eigenvalue weighted by Crippen LogP contribution is -2.45. The first-order valence-electron chi connectivity index (χ1n) is 7.30. The van der Waals surface area contributed by atoms with Gasteiger partial charge in [-0.25, -0.2) is 0 Å². The minimum Gasteiger partial charge on any atom is -0.497 e. The average Bonchev–Trinajstić information content (AvgIpc) is 2.52. The Kier molecular flexibility index (Phi) is 5.84. The molecule has 1 unspecified atom stereocenters. The number of nitrogens with one attached hydrogen (secondary N) is 1. The van der Waals surface area contributed by atoms with Gasteiger partial charge in [-0.05, 0) is 50.1 Å². The summed E-state index contributed by atoms with van der Waals surface area (Å²) in [7, 11) is 5.91. The van der Waals surface area contributed by atoms with Crippen LogP contribution in [0.25, 0.3) is 0 Å². The molecule has 1 aromatic rings. The molecule has 1 atom stereocenters. The van der Waals surface area contributed by atoms with Crippen LogP contribution < -0.4 is 10.1 Å². The van der Waals surface area contributed by atoms with E-state index in [4.69, 9.17) is 4.74 Å². The molecule has 2 rings (SSSR count). The molecule has 1 heterocycles. The maximum Gasteiger partial charge on any atom is 0.118 e. The lowest BCUT2D eigenvalue weighted by molar-refractivity contribution is 0.183. The van der Waals surface area contributed by atoms with Crippen LogP contribution in [0.4, 0.5) is 0 Å². The van der Waals surface area contributed by atoms with E-state index in [0.29, 0.717) is 0 Å². The van der Waals surface area contributed by atoms with Gasteiger partial charge < -0.3 is 15.0 Å². The van der Waals surface area contributed by atoms with E-state index in [0.717, 1.165) is 25.4 Å². The van der Waals surface area contributed by atoms with E-state index in [-0.39, 0.29) is 6.17 Å². The minimum atomic E-state index is 0.247. The number of methoxy groups -OCH3 is 1. The molecule has 0 radical (unpaired) electrons. The fourth-order valence-corrected chi connectivity index (χ4v) is 2.27. The number of benzene rings is 1. The third kappa shape index (κ3) is 4.92. The highest BCUT2D eigenvalue weighted by atomic mass is 16.5. The minimum absolute atomic E-state index is 0.247. The molecule has 0 spiro atoms. The van der Waals surface area contributed by atoms with E-state index in [9.17, 15) is 0 Å². The van der Waals surface area contributed by atoms with Crippen LogP contribution in [0, 0.1) is 0 Å². The van der Waals surface area contributed by atoms with Crippen LogP contribution in [0.15, 0.2) is 48.7 Å². The van der Waals surface area contributed by atoms with E-state index < -0.39 is 0 Å². The van der Waals surface area contributed by atoms with Crippen molar-refractivity contribution in [2.24, 2.45) is 0 Å². The summed E-state index contributed by atoms with van der Waals surface area (Å²) in [4.78, 5) is 4.64. The summed E-state index contributed by atoms with van der Waals surface area (Å²) in [6, 6.07) is 8.29. The Labute approximate surface area is 127 Å². The Morgan fingerprint density at radius 3 is 2.43 bits per heavy atom. The molecule has 4 nitrogen and oxygen atoms in total. The average molecular weight is 287 g/mol. The number of likely N-dealkylation sites (N-methyl/N-ethyl adjacent to an activating group) is 1. The highest BCUT2D eigenvalue weighted by molar-refractivity contribution is 5.27. The molecule has 114 valence electrons. The van der Waals surface area contributed by atoms with E-state index >= 15 is 0 Å². The van der Waals surface area contributed by atoms with Gasteiger partial charge in [-0.1, -0.05) is 18.2 Å². The van der Waals surface area contributed by atoms with Crippen LogP contribution in [-0.4, -0.2) is 50.3 Å². The Morgan fingerprint density at radius 2 is 1.86 bits per heavy atom. The molecule has 1 N–H and O–H groups in total. The SMILES string of the molecule is COc1ccc(CN(CCN(C)C)C2C=CC=CN2)cc1. The molecule has 1 aliphatic rings. The second kappa shape index (κ2) is 7.86. The van der Waals surface area contributed by atoms with E-state index in [1.807, 2.05) is 24.4 Å². The summed E-state index contributed by atoms with van der Waals surface area (Å²) in [5.41, 5.74) is 1.29. The Bertz CT molecular complexity index is 479. The Balaban J connectivity index is 2.02. The van der Waals surface area contributed by atoms with E-state index in [2.05, 4.69) is 53.5 Å². The van der Waals surface area contributed by atoms with Crippen molar-refractivity contribution in [3.05, 3.63) is 54.3 Å². The van der Waals surface area contributed by atoms with Gasteiger partial charge in [-0.2, -0.15) is 0 Å². The molecular weight excluding hydrogens is 262 g/mol. The number of rotatable bonds is 7. The van der Waals surface area contributed by atoms with Crippen LogP contribution in [0.2, 0.25) is 0 Å². The first-order valence-corrected chi connectivity index (χ1v) is 7.30. The summed E-state index contributed by atoms with van der Waals surface area (Å²) < 4.78 is 5.22. The Morgan fingerprint density at radius 1 is 1.10 bits per heavy atom. The quantitative estimate of drug-likeness (QED) is 0.831. The molecule has 0 aromatic heterocycles. The predicted molar refractivity (Wildman–Crippen MR) is 87.2 cm³/mol. The molecule has 0 saturated heterocycles. The highest BCUT2D eigenvalue weighted by Crippen LogP contribution is 2.14. The van der Waals surface area contributed by atoms with Crippen LogP contribution >= 0.6 is 0 Å². The fourth-order valence-electron chi connectivity index (χ4n) is 2.27. The third-order valence-electron chi connectivity index (χ3n) is 3.54. The highest BCUT2D eigenvalue weighted by Gasteiger charge is 2.16. The molecule has 1 aromatic carbocycles. The summed E-state index contributed by atoms with van der Waals surface area (Å²) in [5, 5.41) is 3.40. The van der Waals surface area contributed by atoms with Crippen molar-refractivity contribution in [1.29, 1.82) is 0 Å². The summed E-state index contributed by atoms with van der Waals surface area (Å²) in [5.74, 6) is 0.900. The van der Waals surface area contributed by atoms with E-state index in [1.165, 1.54) is 5.56 Å². The molecule has 4 heteroatoms. The van der Waals surface area contributed by atoms with Gasteiger partial charge in [0.15, 0.2) is 0 Å². The van der Waals surface area contributed by atoms with Crippen LogP contribution in [-0.2, 0) is 6.54 Å². The van der Waals surface area contributed by atoms with Gasteiger partial charge in [-0.3, -0.25) is 4.90 Å². The molecule has 1 aliphatic heterocycles. The summed E-state index contributed by atoms with van der Waals surface area (Å²) in [6.07, 6.45) is 8.56. The van der Waals surface area contributed by atoms with Gasteiger partial charge in [0.05, 0.1) is 13.3 Å². The monoisotopic (exact) mass is 287 g/mol. The maximum atomic E-state index is 5.22. The van der Waals surface area contributed by atoms with Gasteiger partial charge in [0, 0.05) is 19.6 Å². The normalized spacial score (nSPS) is 17.3. The zero-order valence-corrected chi connectivity index (χ0v) is 13.1. The van der Waals surface area contributed by atoms with Gasteiger partial charge in [0.25, 0.3) is 0 Å². The van der Waals surface area contributed by atoms with Gasteiger partial charge in [-0.15, -0.1) is 0 Å². The first-order chi connectivity index (χ1) is 10.2. The van der Waals surface area contributed by atoms with Crippen molar-refractivity contribution in [1.82, 2.24) is 15.1 Å². The van der Waals surface area contributed by atoms with Crippen molar-refractivity contribution in [2.45, 2.75) is 12.7 Å². The summed E-state index contributed by atoms with van der Waals surface area (Å²) >= 11 is 0. The van der Waals surface area contributed by atoms with Crippen LogP contribution in [0.1, 0.15) is 5.56 Å². The molecule has 21 heavy (non-hydrogen) atoms. The number of ether oxygens (including phenoxy) is 1. The molecular formula is C17H25N3O. The molecule has 0 amide bonds. The van der Waals surface area contributed by atoms with Gasteiger partial charge in [0.2, 0.25) is 0 Å².